The summed E-state index contributed by atoms with van der Waals surface area (Å²) in [6.07, 6.45) is -7.96. The van der Waals surface area contributed by atoms with E-state index in [2.05, 4.69) is 19.4 Å². The molecular formula is C15H12F6N4O2. The average molecular weight is 394 g/mol. The monoisotopic (exact) mass is 394 g/mol. The third-order valence-corrected chi connectivity index (χ3v) is 2.92. The quantitative estimate of drug-likeness (QED) is 0.447. The van der Waals surface area contributed by atoms with Crippen LogP contribution in [0.2, 0.25) is 0 Å². The zero-order chi connectivity index (χ0) is 20.2. The molecule has 0 fully saturated rings. The zero-order valence-corrected chi connectivity index (χ0v) is 13.2. The number of alkyl halides is 6. The maximum Gasteiger partial charge on any atom is 0.573 e. The van der Waals surface area contributed by atoms with E-state index in [0.29, 0.717) is 11.0 Å². The molecule has 0 saturated carbocycles. The molecule has 1 heterocycles. The average Bonchev–Trinajstić information content (AvgIpc) is 2.96. The Hall–Kier alpha value is -3.31. The van der Waals surface area contributed by atoms with Gasteiger partial charge in [-0.25, -0.2) is 4.98 Å². The van der Waals surface area contributed by atoms with E-state index >= 15 is 0 Å². The molecule has 0 aliphatic heterocycles. The molecule has 2 aromatic carbocycles. The first-order valence-electron chi connectivity index (χ1n) is 7.02. The van der Waals surface area contributed by atoms with Crippen LogP contribution < -0.4 is 20.9 Å². The van der Waals surface area contributed by atoms with Gasteiger partial charge in [0, 0.05) is 12.1 Å². The highest BCUT2D eigenvalue weighted by atomic mass is 19.4. The maximum atomic E-state index is 11.8. The number of nitrogens with two attached hydrogens (primary N) is 2. The van der Waals surface area contributed by atoms with E-state index in [4.69, 9.17) is 11.5 Å². The Morgan fingerprint density at radius 2 is 1.33 bits per heavy atom. The van der Waals surface area contributed by atoms with Crippen molar-refractivity contribution in [3.8, 4) is 11.5 Å². The van der Waals surface area contributed by atoms with Gasteiger partial charge in [0.1, 0.15) is 11.5 Å². The van der Waals surface area contributed by atoms with Crippen LogP contribution in [0.25, 0.3) is 11.0 Å². The van der Waals surface area contributed by atoms with Gasteiger partial charge in [-0.05, 0) is 24.3 Å². The summed E-state index contributed by atoms with van der Waals surface area (Å²) in [7, 11) is 0. The number of hydrogen-bond donors (Lipinski definition) is 3. The molecule has 3 rings (SSSR count). The number of fused-ring (bicyclic) bond motifs is 1. The standard InChI is InChI=1S/C8H5F3N2O.C7H7F3N2O/c9-8(10,11)14-5-1-2-6-7(3-5)13-4-12-6;8-7(9,10)13-4-1-2-5(11)6(12)3-4/h1-4H,(H,12,13);1-3H,11-12H2. The zero-order valence-electron chi connectivity index (χ0n) is 13.2. The number of ether oxygens (including phenoxy) is 2. The molecule has 5 N–H and O–H groups in total. The third kappa shape index (κ3) is 6.49. The van der Waals surface area contributed by atoms with Crippen molar-refractivity contribution >= 4 is 22.4 Å². The second-order valence-corrected chi connectivity index (χ2v) is 4.97. The summed E-state index contributed by atoms with van der Waals surface area (Å²) in [4.78, 5) is 6.55. The van der Waals surface area contributed by atoms with Crippen molar-refractivity contribution in [1.29, 1.82) is 0 Å². The lowest BCUT2D eigenvalue weighted by atomic mass is 10.2. The molecule has 12 heteroatoms. The van der Waals surface area contributed by atoms with Crippen LogP contribution in [0.5, 0.6) is 11.5 Å². The molecule has 0 aliphatic rings. The molecule has 0 saturated heterocycles. The minimum Gasteiger partial charge on any atom is -0.406 e. The first-order chi connectivity index (χ1) is 12.4. The van der Waals surface area contributed by atoms with Crippen molar-refractivity contribution in [1.82, 2.24) is 9.97 Å². The lowest BCUT2D eigenvalue weighted by molar-refractivity contribution is -0.275. The fraction of sp³-hybridized carbons (Fsp3) is 0.133. The Morgan fingerprint density at radius 1 is 0.778 bits per heavy atom. The Balaban J connectivity index is 0.000000194. The number of hydrogen-bond acceptors (Lipinski definition) is 5. The molecule has 1 aromatic heterocycles. The minimum absolute atomic E-state index is 0.0572. The van der Waals surface area contributed by atoms with Crippen LogP contribution in [-0.2, 0) is 0 Å². The molecule has 0 radical (unpaired) electrons. The number of benzene rings is 2. The van der Waals surface area contributed by atoms with Crippen LogP contribution in [0.3, 0.4) is 0 Å². The second kappa shape index (κ2) is 7.51. The van der Waals surface area contributed by atoms with Gasteiger partial charge in [0.25, 0.3) is 0 Å². The van der Waals surface area contributed by atoms with Crippen molar-refractivity contribution < 1.29 is 35.8 Å². The van der Waals surface area contributed by atoms with Gasteiger partial charge in [-0.3, -0.25) is 0 Å². The number of imidazole rings is 1. The van der Waals surface area contributed by atoms with Gasteiger partial charge in [-0.1, -0.05) is 0 Å². The molecule has 0 bridgehead atoms. The van der Waals surface area contributed by atoms with Gasteiger partial charge < -0.3 is 25.9 Å². The summed E-state index contributed by atoms with van der Waals surface area (Å²) in [5.41, 5.74) is 11.9. The Kier molecular flexibility index (Phi) is 5.57. The van der Waals surface area contributed by atoms with Crippen LogP contribution in [0.4, 0.5) is 37.7 Å². The van der Waals surface area contributed by atoms with E-state index in [-0.39, 0.29) is 22.9 Å². The van der Waals surface area contributed by atoms with Crippen molar-refractivity contribution in [2.45, 2.75) is 12.7 Å². The van der Waals surface area contributed by atoms with E-state index in [1.54, 1.807) is 0 Å². The Labute approximate surface area is 147 Å². The topological polar surface area (TPSA) is 99.2 Å². The van der Waals surface area contributed by atoms with Crippen LogP contribution in [-0.4, -0.2) is 22.7 Å². The summed E-state index contributed by atoms with van der Waals surface area (Å²) in [6, 6.07) is 7.28. The first-order valence-corrected chi connectivity index (χ1v) is 7.02. The predicted molar refractivity (Wildman–Crippen MR) is 84.7 cm³/mol. The molecule has 146 valence electrons. The molecule has 0 spiro atoms. The minimum atomic E-state index is -4.71. The van der Waals surface area contributed by atoms with Gasteiger partial charge in [0.2, 0.25) is 0 Å². The number of aromatic amines is 1. The molecule has 27 heavy (non-hydrogen) atoms. The first kappa shape index (κ1) is 20.0. The number of halogens is 6. The third-order valence-electron chi connectivity index (χ3n) is 2.92. The van der Waals surface area contributed by atoms with E-state index in [1.807, 2.05) is 0 Å². The fourth-order valence-corrected chi connectivity index (χ4v) is 1.86. The summed E-state index contributed by atoms with van der Waals surface area (Å²) in [5, 5.41) is 0. The number of aromatic nitrogens is 2. The summed E-state index contributed by atoms with van der Waals surface area (Å²) in [5.74, 6) is -0.631. The number of H-pyrrole nitrogens is 1. The highest BCUT2D eigenvalue weighted by Gasteiger charge is 2.31. The van der Waals surface area contributed by atoms with Gasteiger partial charge in [-0.15, -0.1) is 26.3 Å². The fourth-order valence-electron chi connectivity index (χ4n) is 1.86. The summed E-state index contributed by atoms with van der Waals surface area (Å²) in [6.45, 7) is 0. The van der Waals surface area contributed by atoms with Crippen molar-refractivity contribution in [2.24, 2.45) is 0 Å². The molecule has 0 unspecified atom stereocenters. The number of nitrogens with zero attached hydrogens (tertiary/aromatic N) is 1. The van der Waals surface area contributed by atoms with Gasteiger partial charge in [0.05, 0.1) is 28.7 Å². The summed E-state index contributed by atoms with van der Waals surface area (Å²) >= 11 is 0. The van der Waals surface area contributed by atoms with Crippen molar-refractivity contribution in [2.75, 3.05) is 11.5 Å². The van der Waals surface area contributed by atoms with Crippen LogP contribution in [0.15, 0.2) is 42.7 Å². The largest absolute Gasteiger partial charge is 0.573 e. The molecule has 0 atom stereocenters. The van der Waals surface area contributed by atoms with Crippen LogP contribution >= 0.6 is 0 Å². The van der Waals surface area contributed by atoms with Gasteiger partial charge in [-0.2, -0.15) is 0 Å². The van der Waals surface area contributed by atoms with Gasteiger partial charge in [0.15, 0.2) is 0 Å². The normalized spacial score (nSPS) is 11.6. The number of nitrogens with one attached hydrogen (secondary N) is 1. The van der Waals surface area contributed by atoms with Crippen LogP contribution in [0.1, 0.15) is 0 Å². The number of anilines is 2. The van der Waals surface area contributed by atoms with E-state index in [0.717, 1.165) is 12.1 Å². The van der Waals surface area contributed by atoms with E-state index in [1.165, 1.54) is 30.6 Å². The summed E-state index contributed by atoms with van der Waals surface area (Å²) < 4.78 is 77.8. The SMILES string of the molecule is FC(F)(F)Oc1ccc2nc[nH]c2c1.Nc1ccc(OC(F)(F)F)cc1N. The predicted octanol–water partition coefficient (Wildman–Crippen LogP) is 4.21. The second-order valence-electron chi connectivity index (χ2n) is 4.97. The lowest BCUT2D eigenvalue weighted by Gasteiger charge is -2.09. The molecule has 0 amide bonds. The maximum absolute atomic E-state index is 11.8. The molecule has 3 aromatic rings. The van der Waals surface area contributed by atoms with Crippen molar-refractivity contribution in [3.63, 3.8) is 0 Å². The highest BCUT2D eigenvalue weighted by molar-refractivity contribution is 5.75. The van der Waals surface area contributed by atoms with E-state index in [9.17, 15) is 26.3 Å². The van der Waals surface area contributed by atoms with Gasteiger partial charge >= 0.3 is 12.7 Å². The molecular weight excluding hydrogens is 382 g/mol. The molecule has 6 nitrogen and oxygen atoms in total. The molecule has 0 aliphatic carbocycles. The van der Waals surface area contributed by atoms with Crippen molar-refractivity contribution in [3.05, 3.63) is 42.7 Å². The number of rotatable bonds is 2. The Morgan fingerprint density at radius 3 is 1.89 bits per heavy atom. The van der Waals surface area contributed by atoms with E-state index < -0.39 is 12.7 Å². The number of nitrogen functional groups attached to an aromatic ring is 2. The Bertz CT molecular complexity index is 907. The lowest BCUT2D eigenvalue weighted by Crippen LogP contribution is -2.17. The smallest absolute Gasteiger partial charge is 0.406 e. The highest BCUT2D eigenvalue weighted by Crippen LogP contribution is 2.27. The van der Waals surface area contributed by atoms with Crippen LogP contribution in [0, 0.1) is 0 Å².